The van der Waals surface area contributed by atoms with E-state index in [-0.39, 0.29) is 6.61 Å². The van der Waals surface area contributed by atoms with Crippen LogP contribution in [0.25, 0.3) is 6.08 Å². The summed E-state index contributed by atoms with van der Waals surface area (Å²) >= 11 is 0. The lowest BCUT2D eigenvalue weighted by Gasteiger charge is -2.08. The Morgan fingerprint density at radius 1 is 1.42 bits per heavy atom. The summed E-state index contributed by atoms with van der Waals surface area (Å²) in [5.74, 6) is 0.580. The fourth-order valence-electron chi connectivity index (χ4n) is 1.37. The molecule has 0 radical (unpaired) electrons. The maximum atomic E-state index is 11.2. The van der Waals surface area contributed by atoms with Crippen molar-refractivity contribution < 1.29 is 19.0 Å². The molecule has 19 heavy (non-hydrogen) atoms. The summed E-state index contributed by atoms with van der Waals surface area (Å²) < 4.78 is 15.1. The maximum Gasteiger partial charge on any atom is 0.330 e. The van der Waals surface area contributed by atoms with Gasteiger partial charge in [0, 0.05) is 6.08 Å². The summed E-state index contributed by atoms with van der Waals surface area (Å²) in [6.45, 7) is 2.01. The van der Waals surface area contributed by atoms with Gasteiger partial charge in [0.1, 0.15) is 6.07 Å². The number of esters is 1. The zero-order chi connectivity index (χ0) is 14.1. The van der Waals surface area contributed by atoms with Crippen LogP contribution >= 0.6 is 0 Å². The Labute approximate surface area is 112 Å². The second-order valence-electron chi connectivity index (χ2n) is 3.44. The van der Waals surface area contributed by atoms with Gasteiger partial charge in [0.2, 0.25) is 0 Å². The molecular weight excluding hydrogens is 246 g/mol. The Balaban J connectivity index is 2.85. The van der Waals surface area contributed by atoms with Crippen molar-refractivity contribution in [2.45, 2.75) is 6.92 Å². The molecular formula is C14H15NO4. The minimum atomic E-state index is -0.405. The summed E-state index contributed by atoms with van der Waals surface area (Å²) in [6.07, 6.45) is 2.94. The summed E-state index contributed by atoms with van der Waals surface area (Å²) in [7, 11) is 1.52. The Bertz CT molecular complexity index is 503. The topological polar surface area (TPSA) is 68.6 Å². The first-order chi connectivity index (χ1) is 9.21. The first kappa shape index (κ1) is 14.6. The predicted octanol–water partition coefficient (Wildman–Crippen LogP) is 2.17. The number of ether oxygens (including phenoxy) is 3. The molecule has 0 saturated carbocycles. The smallest absolute Gasteiger partial charge is 0.330 e. The lowest BCUT2D eigenvalue weighted by molar-refractivity contribution is -0.137. The molecule has 0 aromatic heterocycles. The van der Waals surface area contributed by atoms with Gasteiger partial charge in [-0.3, -0.25) is 0 Å². The van der Waals surface area contributed by atoms with E-state index in [2.05, 4.69) is 0 Å². The first-order valence-corrected chi connectivity index (χ1v) is 5.74. The fourth-order valence-corrected chi connectivity index (χ4v) is 1.37. The molecule has 0 unspecified atom stereocenters. The summed E-state index contributed by atoms with van der Waals surface area (Å²) in [4.78, 5) is 11.2. The number of benzene rings is 1. The van der Waals surface area contributed by atoms with E-state index < -0.39 is 5.97 Å². The average molecular weight is 261 g/mol. The highest BCUT2D eigenvalue weighted by Gasteiger charge is 2.04. The Morgan fingerprint density at radius 2 is 2.21 bits per heavy atom. The van der Waals surface area contributed by atoms with E-state index in [4.69, 9.17) is 19.5 Å². The maximum absolute atomic E-state index is 11.2. The molecule has 0 saturated heterocycles. The summed E-state index contributed by atoms with van der Waals surface area (Å²) in [5, 5.41) is 8.50. The minimum absolute atomic E-state index is 0.0681. The highest BCUT2D eigenvalue weighted by Crippen LogP contribution is 2.28. The number of nitrogens with zero attached hydrogens (tertiary/aromatic N) is 1. The highest BCUT2D eigenvalue weighted by atomic mass is 16.5. The van der Waals surface area contributed by atoms with E-state index in [1.807, 2.05) is 6.07 Å². The van der Waals surface area contributed by atoms with Gasteiger partial charge in [-0.2, -0.15) is 5.26 Å². The molecule has 0 aliphatic carbocycles. The van der Waals surface area contributed by atoms with Crippen molar-refractivity contribution in [1.82, 2.24) is 0 Å². The Morgan fingerprint density at radius 3 is 2.84 bits per heavy atom. The van der Waals surface area contributed by atoms with Crippen molar-refractivity contribution in [2.75, 3.05) is 20.3 Å². The molecule has 1 aromatic carbocycles. The van der Waals surface area contributed by atoms with Gasteiger partial charge >= 0.3 is 5.97 Å². The van der Waals surface area contributed by atoms with Gasteiger partial charge in [0.25, 0.3) is 0 Å². The number of hydrogen-bond donors (Lipinski definition) is 0. The number of rotatable bonds is 6. The van der Waals surface area contributed by atoms with Gasteiger partial charge in [-0.15, -0.1) is 0 Å². The molecule has 0 N–H and O–H groups in total. The SMILES string of the molecule is CCOC(=O)/C=C/c1ccc(OC)c(OCC#N)c1. The molecule has 0 fully saturated rings. The van der Waals surface area contributed by atoms with Gasteiger partial charge in [-0.25, -0.2) is 4.79 Å². The second-order valence-corrected chi connectivity index (χ2v) is 3.44. The van der Waals surface area contributed by atoms with Gasteiger partial charge in [-0.05, 0) is 30.7 Å². The van der Waals surface area contributed by atoms with Crippen molar-refractivity contribution in [3.63, 3.8) is 0 Å². The van der Waals surface area contributed by atoms with Crippen LogP contribution in [0.15, 0.2) is 24.3 Å². The number of carbonyl (C=O) groups excluding carboxylic acids is 1. The van der Waals surface area contributed by atoms with Crippen LogP contribution in [-0.2, 0) is 9.53 Å². The third kappa shape index (κ3) is 4.72. The average Bonchev–Trinajstić information content (AvgIpc) is 2.43. The van der Waals surface area contributed by atoms with E-state index >= 15 is 0 Å². The number of carbonyl (C=O) groups is 1. The third-order valence-electron chi connectivity index (χ3n) is 2.18. The van der Waals surface area contributed by atoms with Gasteiger partial charge in [-0.1, -0.05) is 6.07 Å². The number of nitriles is 1. The molecule has 0 aliphatic rings. The third-order valence-corrected chi connectivity index (χ3v) is 2.18. The molecule has 5 nitrogen and oxygen atoms in total. The van der Waals surface area contributed by atoms with Crippen LogP contribution in [-0.4, -0.2) is 26.3 Å². The lowest BCUT2D eigenvalue weighted by Crippen LogP contribution is -1.99. The zero-order valence-electron chi connectivity index (χ0n) is 10.9. The number of methoxy groups -OCH3 is 1. The molecule has 1 rings (SSSR count). The van der Waals surface area contributed by atoms with Gasteiger partial charge < -0.3 is 14.2 Å². The number of hydrogen-bond acceptors (Lipinski definition) is 5. The summed E-state index contributed by atoms with van der Waals surface area (Å²) in [6, 6.07) is 7.05. The van der Waals surface area contributed by atoms with Crippen molar-refractivity contribution in [3.8, 4) is 17.6 Å². The Kier molecular flexibility index (Phi) is 5.96. The highest BCUT2D eigenvalue weighted by molar-refractivity contribution is 5.87. The van der Waals surface area contributed by atoms with Crippen LogP contribution in [0.3, 0.4) is 0 Å². The molecule has 0 aliphatic heterocycles. The van der Waals surface area contributed by atoms with Gasteiger partial charge in [0.15, 0.2) is 18.1 Å². The monoisotopic (exact) mass is 261 g/mol. The largest absolute Gasteiger partial charge is 0.493 e. The van der Waals surface area contributed by atoms with E-state index in [0.29, 0.717) is 18.1 Å². The molecule has 5 heteroatoms. The van der Waals surface area contributed by atoms with E-state index in [1.54, 1.807) is 31.2 Å². The van der Waals surface area contributed by atoms with Crippen LogP contribution in [0, 0.1) is 11.3 Å². The van der Waals surface area contributed by atoms with Crippen LogP contribution in [0.4, 0.5) is 0 Å². The van der Waals surface area contributed by atoms with Crippen molar-refractivity contribution in [2.24, 2.45) is 0 Å². The molecule has 0 amide bonds. The fraction of sp³-hybridized carbons (Fsp3) is 0.286. The quantitative estimate of drug-likeness (QED) is 0.580. The van der Waals surface area contributed by atoms with Crippen LogP contribution in [0.1, 0.15) is 12.5 Å². The second kappa shape index (κ2) is 7.77. The van der Waals surface area contributed by atoms with Crippen LogP contribution < -0.4 is 9.47 Å². The van der Waals surface area contributed by atoms with Crippen molar-refractivity contribution in [1.29, 1.82) is 5.26 Å². The minimum Gasteiger partial charge on any atom is -0.493 e. The molecule has 0 atom stereocenters. The predicted molar refractivity (Wildman–Crippen MR) is 69.8 cm³/mol. The molecule has 0 spiro atoms. The lowest BCUT2D eigenvalue weighted by atomic mass is 10.2. The van der Waals surface area contributed by atoms with Crippen LogP contribution in [0.2, 0.25) is 0 Å². The van der Waals surface area contributed by atoms with Gasteiger partial charge in [0.05, 0.1) is 13.7 Å². The normalized spacial score (nSPS) is 9.95. The van der Waals surface area contributed by atoms with Crippen LogP contribution in [0.5, 0.6) is 11.5 Å². The standard InChI is InChI=1S/C14H15NO4/c1-3-18-14(16)7-5-11-4-6-12(17-2)13(10-11)19-9-8-15/h4-7,10H,3,9H2,1-2H3/b7-5+. The first-order valence-electron chi connectivity index (χ1n) is 5.74. The Hall–Kier alpha value is -2.48. The van der Waals surface area contributed by atoms with E-state index in [0.717, 1.165) is 5.56 Å². The van der Waals surface area contributed by atoms with Crippen molar-refractivity contribution >= 4 is 12.0 Å². The summed E-state index contributed by atoms with van der Waals surface area (Å²) in [5.41, 5.74) is 0.752. The molecule has 1 aromatic rings. The molecule has 100 valence electrons. The van der Waals surface area contributed by atoms with E-state index in [9.17, 15) is 4.79 Å². The van der Waals surface area contributed by atoms with E-state index in [1.165, 1.54) is 13.2 Å². The zero-order valence-corrected chi connectivity index (χ0v) is 10.9. The van der Waals surface area contributed by atoms with Crippen molar-refractivity contribution in [3.05, 3.63) is 29.8 Å². The molecule has 0 bridgehead atoms. The molecule has 0 heterocycles.